The van der Waals surface area contributed by atoms with Crippen molar-refractivity contribution in [3.05, 3.63) is 167 Å². The zero-order chi connectivity index (χ0) is 63.5. The molecule has 1 N–H and O–H groups in total. The molecule has 5 aromatic rings. The van der Waals surface area contributed by atoms with Crippen LogP contribution in [0.15, 0.2) is 140 Å². The molecule has 22 heteroatoms. The minimum Gasteiger partial charge on any atom is -0.467 e. The van der Waals surface area contributed by atoms with Crippen molar-refractivity contribution in [1.29, 1.82) is 0 Å². The number of likely N-dealkylation sites (N-methyl/N-ethyl adjacent to an activating group) is 1. The number of amides is 7. The van der Waals surface area contributed by atoms with Crippen molar-refractivity contribution < 1.29 is 66.6 Å². The molecule has 1 aliphatic carbocycles. The van der Waals surface area contributed by atoms with Gasteiger partial charge in [-0.1, -0.05) is 160 Å². The van der Waals surface area contributed by atoms with Gasteiger partial charge in [-0.15, -0.1) is 0 Å². The number of nitrogens with zero attached hydrogens (tertiary/aromatic N) is 6. The molecule has 2 heterocycles. The summed E-state index contributed by atoms with van der Waals surface area (Å²) in [6.07, 6.45) is -3.34. The Morgan fingerprint density at radius 3 is 1.57 bits per heavy atom. The van der Waals surface area contributed by atoms with Crippen LogP contribution in [0.2, 0.25) is 18.1 Å². The summed E-state index contributed by atoms with van der Waals surface area (Å²) in [5.41, 5.74) is 5.80. The molecule has 3 aliphatic rings. The van der Waals surface area contributed by atoms with Gasteiger partial charge in [0.05, 0.1) is 13.2 Å². The number of esters is 1. The van der Waals surface area contributed by atoms with Gasteiger partial charge < -0.3 is 33.6 Å². The fraction of sp³-hybridized carbons (Fsp3) is 0.424. The Hall–Kier alpha value is -8.60. The number of hydrogen-bond donors (Lipinski definition) is 1. The lowest BCUT2D eigenvalue weighted by Gasteiger charge is -2.45. The first-order chi connectivity index (χ1) is 42.0. The van der Waals surface area contributed by atoms with Crippen molar-refractivity contribution in [1.82, 2.24) is 35.3 Å². The molecule has 7 amide bonds. The molecule has 8 rings (SSSR count). The van der Waals surface area contributed by atoms with Crippen LogP contribution in [-0.2, 0) is 72.0 Å². The summed E-state index contributed by atoms with van der Waals surface area (Å²) in [5.74, 6) is -4.60. The summed E-state index contributed by atoms with van der Waals surface area (Å²) in [4.78, 5) is 125. The van der Waals surface area contributed by atoms with Gasteiger partial charge in [0.25, 0.3) is 11.8 Å². The van der Waals surface area contributed by atoms with E-state index < -0.39 is 92.5 Å². The summed E-state index contributed by atoms with van der Waals surface area (Å²) in [5, 5.41) is 7.33. The Morgan fingerprint density at radius 2 is 1.07 bits per heavy atom. The van der Waals surface area contributed by atoms with Crippen LogP contribution in [-0.4, -0.2) is 156 Å². The Morgan fingerprint density at radius 1 is 0.602 bits per heavy atom. The molecule has 0 saturated carbocycles. The quantitative estimate of drug-likeness (QED) is 0.0332. The van der Waals surface area contributed by atoms with Gasteiger partial charge in [-0.05, 0) is 104 Å². The number of nitrogens with one attached hydrogen (secondary N) is 1. The molecule has 6 atom stereocenters. The number of hydrazine groups is 2. The molecule has 0 radical (unpaired) electrons. The zero-order valence-corrected chi connectivity index (χ0v) is 52.8. The second-order valence-corrected chi connectivity index (χ2v) is 28.5. The summed E-state index contributed by atoms with van der Waals surface area (Å²) >= 11 is 0. The van der Waals surface area contributed by atoms with E-state index in [9.17, 15) is 24.0 Å². The third-order valence-electron chi connectivity index (χ3n) is 16.9. The maximum absolute atomic E-state index is 15.6. The number of hydrogen-bond acceptors (Lipinski definition) is 14. The smallest absolute Gasteiger partial charge is 0.429 e. The van der Waals surface area contributed by atoms with E-state index in [4.69, 9.17) is 28.2 Å². The van der Waals surface area contributed by atoms with Gasteiger partial charge in [0.15, 0.2) is 14.4 Å². The molecule has 0 bridgehead atoms. The molecule has 468 valence electrons. The molecule has 21 nitrogen and oxygen atoms in total. The lowest BCUT2D eigenvalue weighted by molar-refractivity contribution is -0.216. The van der Waals surface area contributed by atoms with Gasteiger partial charge in [0.2, 0.25) is 11.8 Å². The summed E-state index contributed by atoms with van der Waals surface area (Å²) in [6, 6.07) is 35.1. The zero-order valence-electron chi connectivity index (χ0n) is 51.8. The van der Waals surface area contributed by atoms with Crippen LogP contribution >= 0.6 is 0 Å². The third-order valence-corrected chi connectivity index (χ3v) is 21.5. The van der Waals surface area contributed by atoms with Crippen molar-refractivity contribution in [2.75, 3.05) is 33.9 Å². The molecule has 0 unspecified atom stereocenters. The maximum Gasteiger partial charge on any atom is 0.429 e. The van der Waals surface area contributed by atoms with E-state index in [0.717, 1.165) is 52.3 Å². The number of benzene rings is 5. The van der Waals surface area contributed by atoms with Crippen LogP contribution in [0.25, 0.3) is 11.1 Å². The Bertz CT molecular complexity index is 3230. The first-order valence-electron chi connectivity index (χ1n) is 29.8. The van der Waals surface area contributed by atoms with Crippen molar-refractivity contribution >= 4 is 56.2 Å². The highest BCUT2D eigenvalue weighted by atomic mass is 28.4. The van der Waals surface area contributed by atoms with E-state index in [2.05, 4.69) is 5.32 Å². The first kappa shape index (κ1) is 65.4. The third kappa shape index (κ3) is 15.0. The molecular weight excluding hydrogens is 1140 g/mol. The van der Waals surface area contributed by atoms with Crippen molar-refractivity contribution in [3.63, 3.8) is 0 Å². The van der Waals surface area contributed by atoms with Crippen LogP contribution in [0.1, 0.15) is 101 Å². The summed E-state index contributed by atoms with van der Waals surface area (Å²) in [7, 11) is -0.0157. The highest BCUT2D eigenvalue weighted by Gasteiger charge is 2.49. The molecule has 0 aromatic heterocycles. The monoisotopic (exact) mass is 1220 g/mol. The fourth-order valence-corrected chi connectivity index (χ4v) is 12.3. The van der Waals surface area contributed by atoms with Crippen molar-refractivity contribution in [3.8, 4) is 11.1 Å². The van der Waals surface area contributed by atoms with E-state index in [0.29, 0.717) is 16.7 Å². The van der Waals surface area contributed by atoms with Gasteiger partial charge in [0.1, 0.15) is 50.6 Å². The minimum atomic E-state index is -2.54. The number of methoxy groups -OCH3 is 1. The van der Waals surface area contributed by atoms with E-state index >= 15 is 14.4 Å². The SMILES string of the molecule is COC(=O)[C@H](NC(=O)[C@@H]1CCCN(C(=O)OCc2ccccc2)N1C(=O)[C@@H](C)N(C)C(=O)[C@H](C)N(OCc1ccccc1)C(=O)[C@H]1CCCN(C(=O)OCc2ccccc2)N1C(=O)OCC1c2ccccc2-c2ccccc21)[C@H](C)O[Si](C)(C)C(C)(C)C. The molecular formula is C66H81N7O14Si. The van der Waals surface area contributed by atoms with Gasteiger partial charge in [-0.25, -0.2) is 44.3 Å². The van der Waals surface area contributed by atoms with Gasteiger partial charge in [-0.2, -0.15) is 0 Å². The molecule has 2 aliphatic heterocycles. The second kappa shape index (κ2) is 28.9. The van der Waals surface area contributed by atoms with Crippen molar-refractivity contribution in [2.24, 2.45) is 0 Å². The van der Waals surface area contributed by atoms with E-state index in [1.54, 1.807) is 85.8 Å². The molecule has 5 aromatic carbocycles. The number of rotatable bonds is 20. The van der Waals surface area contributed by atoms with Gasteiger partial charge in [-0.3, -0.25) is 24.0 Å². The standard InChI is InChI=1S/C66H81N7O14Si/c1-44(60(76)71-55(36-24-38-69(71)63(79)83-40-47-26-14-11-15-27-47)58(74)67-57(62(78)82-8)46(3)87-88(9,10)66(4,5)6)68(7)59(75)45(2)73(86-42-49-30-18-13-19-31-49)61(77)56-37-25-39-70(64(80)84-41-48-28-16-12-17-29-48)72(56)65(81)85-43-54-52-34-22-20-32-50(52)51-33-21-23-35-53(51)54/h11-23,26-35,44-46,54-57H,24-25,36-43H2,1-10H3,(H,67,74)/t44-,45+,46+,55+,56-,57-/m1/s1. The average molecular weight is 1220 g/mol. The fourth-order valence-electron chi connectivity index (χ4n) is 10.9. The number of ether oxygens (including phenoxy) is 4. The number of carbonyl (C=O) groups excluding carboxylic acids is 8. The van der Waals surface area contributed by atoms with Crippen molar-refractivity contribution in [2.45, 2.75) is 147 Å². The van der Waals surface area contributed by atoms with Crippen LogP contribution in [0, 0.1) is 0 Å². The highest BCUT2D eigenvalue weighted by molar-refractivity contribution is 6.74. The Labute approximate surface area is 515 Å². The Balaban J connectivity index is 1.09. The average Bonchev–Trinajstić information content (AvgIpc) is 1.63. The molecule has 0 spiro atoms. The van der Waals surface area contributed by atoms with Crippen LogP contribution in [0.4, 0.5) is 14.4 Å². The predicted molar refractivity (Wildman–Crippen MR) is 328 cm³/mol. The van der Waals surface area contributed by atoms with E-state index in [1.165, 1.54) is 28.0 Å². The lowest BCUT2D eigenvalue weighted by atomic mass is 9.98. The normalized spacial score (nSPS) is 17.2. The number of fused-ring (bicyclic) bond motifs is 3. The minimum absolute atomic E-state index is 0.00499. The van der Waals surface area contributed by atoms with Gasteiger partial charge >= 0.3 is 24.2 Å². The predicted octanol–water partition coefficient (Wildman–Crippen LogP) is 9.76. The van der Waals surface area contributed by atoms with Crippen LogP contribution < -0.4 is 5.32 Å². The maximum atomic E-state index is 15.6. The van der Waals surface area contributed by atoms with Gasteiger partial charge in [0, 0.05) is 26.1 Å². The number of carbonyl (C=O) groups is 8. The lowest BCUT2D eigenvalue weighted by Crippen LogP contribution is -2.67. The van der Waals surface area contributed by atoms with E-state index in [-0.39, 0.29) is 76.2 Å². The summed E-state index contributed by atoms with van der Waals surface area (Å²) in [6.45, 7) is 13.8. The largest absolute Gasteiger partial charge is 0.467 e. The molecule has 88 heavy (non-hydrogen) atoms. The highest BCUT2D eigenvalue weighted by Crippen LogP contribution is 2.45. The second-order valence-electron chi connectivity index (χ2n) is 23.8. The Kier molecular flexibility index (Phi) is 21.5. The topological polar surface area (TPSA) is 223 Å². The first-order valence-corrected chi connectivity index (χ1v) is 32.7. The van der Waals surface area contributed by atoms with E-state index in [1.807, 2.05) is 94.5 Å². The summed E-state index contributed by atoms with van der Waals surface area (Å²) < 4.78 is 29.4. The molecule has 2 fully saturated rings. The molecule has 2 saturated heterocycles. The van der Waals surface area contributed by atoms with Crippen LogP contribution in [0.5, 0.6) is 0 Å². The number of hydroxylamine groups is 2. The van der Waals surface area contributed by atoms with Crippen LogP contribution in [0.3, 0.4) is 0 Å².